The molecule has 0 aliphatic carbocycles. The predicted octanol–water partition coefficient (Wildman–Crippen LogP) is 1.29. The molecule has 0 N–H and O–H groups in total. The van der Waals surface area contributed by atoms with E-state index in [2.05, 4.69) is 0 Å². The summed E-state index contributed by atoms with van der Waals surface area (Å²) in [6, 6.07) is 6.57. The number of carbonyl (C=O) groups is 2. The van der Waals surface area contributed by atoms with Crippen LogP contribution in [0.5, 0.6) is 0 Å². The average molecular weight is 251 g/mol. The van der Waals surface area contributed by atoms with Gasteiger partial charge in [0.25, 0.3) is 5.91 Å². The third-order valence-corrected chi connectivity index (χ3v) is 3.35. The molecule has 0 spiro atoms. The molecule has 88 valence electrons. The topological polar surface area (TPSA) is 40.4 Å². The van der Waals surface area contributed by atoms with Crippen molar-refractivity contribution in [1.82, 2.24) is 4.90 Å². The molecule has 1 unspecified atom stereocenters. The van der Waals surface area contributed by atoms with Crippen LogP contribution in [0.15, 0.2) is 24.3 Å². The molecule has 17 heavy (non-hydrogen) atoms. The summed E-state index contributed by atoms with van der Waals surface area (Å²) >= 11 is 5.87. The van der Waals surface area contributed by atoms with Gasteiger partial charge in [0.2, 0.25) is 5.91 Å². The van der Waals surface area contributed by atoms with E-state index in [9.17, 15) is 9.59 Å². The Morgan fingerprint density at radius 2 is 2.00 bits per heavy atom. The molecular formula is C12H11ClN2O2. The van der Waals surface area contributed by atoms with Crippen LogP contribution < -0.4 is 4.90 Å². The minimum Gasteiger partial charge on any atom is -0.289 e. The maximum Gasteiger partial charge on any atom is 0.251 e. The van der Waals surface area contributed by atoms with Crippen LogP contribution >= 0.6 is 11.6 Å². The van der Waals surface area contributed by atoms with E-state index in [1.165, 1.54) is 4.90 Å². The number of rotatable bonds is 2. The van der Waals surface area contributed by atoms with E-state index in [-0.39, 0.29) is 24.3 Å². The number of nitrogens with zero attached hydrogens (tertiary/aromatic N) is 2. The number of hydrogen-bond donors (Lipinski definition) is 0. The monoisotopic (exact) mass is 250 g/mol. The lowest BCUT2D eigenvalue weighted by atomic mass is 10.2. The summed E-state index contributed by atoms with van der Waals surface area (Å²) in [7, 11) is 0. The number of benzene rings is 1. The zero-order valence-corrected chi connectivity index (χ0v) is 9.85. The van der Waals surface area contributed by atoms with E-state index in [1.807, 2.05) is 4.90 Å². The number of halogens is 1. The molecule has 2 heterocycles. The number of amides is 2. The summed E-state index contributed by atoms with van der Waals surface area (Å²) in [5, 5.41) is 0.526. The van der Waals surface area contributed by atoms with Crippen LogP contribution in [0.4, 0.5) is 5.69 Å². The van der Waals surface area contributed by atoms with Crippen LogP contribution in [0, 0.1) is 0 Å². The zero-order valence-electron chi connectivity index (χ0n) is 9.10. The maximum absolute atomic E-state index is 12.1. The van der Waals surface area contributed by atoms with Crippen molar-refractivity contribution in [3.8, 4) is 0 Å². The van der Waals surface area contributed by atoms with Crippen LogP contribution in [0.1, 0.15) is 6.42 Å². The Balaban J connectivity index is 1.92. The van der Waals surface area contributed by atoms with Crippen LogP contribution in [-0.4, -0.2) is 35.8 Å². The number of hydrogen-bond acceptors (Lipinski definition) is 3. The summed E-state index contributed by atoms with van der Waals surface area (Å²) in [5.41, 5.74) is 0.567. The van der Waals surface area contributed by atoms with Crippen LogP contribution in [-0.2, 0) is 9.59 Å². The molecular weight excluding hydrogens is 240 g/mol. The smallest absolute Gasteiger partial charge is 0.251 e. The van der Waals surface area contributed by atoms with Crippen molar-refractivity contribution >= 4 is 29.1 Å². The average Bonchev–Trinajstić information content (AvgIpc) is 3.06. The highest BCUT2D eigenvalue weighted by Crippen LogP contribution is 2.29. The van der Waals surface area contributed by atoms with E-state index in [0.29, 0.717) is 10.7 Å². The molecule has 4 nitrogen and oxygen atoms in total. The Kier molecular flexibility index (Phi) is 2.42. The molecule has 5 heteroatoms. The molecule has 1 aromatic carbocycles. The molecule has 2 aliphatic heterocycles. The van der Waals surface area contributed by atoms with Crippen molar-refractivity contribution in [1.29, 1.82) is 0 Å². The van der Waals surface area contributed by atoms with E-state index in [0.717, 1.165) is 13.1 Å². The first kappa shape index (κ1) is 10.7. The number of anilines is 1. The van der Waals surface area contributed by atoms with Crippen molar-refractivity contribution in [2.24, 2.45) is 0 Å². The number of imide groups is 1. The molecule has 2 aliphatic rings. The molecule has 1 aromatic rings. The fraction of sp³-hybridized carbons (Fsp3) is 0.333. The second-order valence-corrected chi connectivity index (χ2v) is 4.74. The first-order chi connectivity index (χ1) is 8.16. The lowest BCUT2D eigenvalue weighted by Crippen LogP contribution is -2.34. The van der Waals surface area contributed by atoms with E-state index in [4.69, 9.17) is 11.6 Å². The Hall–Kier alpha value is -1.39. The van der Waals surface area contributed by atoms with Gasteiger partial charge in [0.15, 0.2) is 0 Å². The maximum atomic E-state index is 12.1. The molecule has 1 atom stereocenters. The van der Waals surface area contributed by atoms with Gasteiger partial charge in [-0.15, -0.1) is 0 Å². The fourth-order valence-electron chi connectivity index (χ4n) is 2.16. The minimum atomic E-state index is -0.263. The lowest BCUT2D eigenvalue weighted by molar-refractivity contribution is -0.122. The van der Waals surface area contributed by atoms with Gasteiger partial charge in [-0.1, -0.05) is 17.7 Å². The highest BCUT2D eigenvalue weighted by atomic mass is 35.5. The predicted molar refractivity (Wildman–Crippen MR) is 63.9 cm³/mol. The largest absolute Gasteiger partial charge is 0.289 e. The summed E-state index contributed by atoms with van der Waals surface area (Å²) in [6.07, 6.45) is 0.283. The Bertz CT molecular complexity index is 499. The van der Waals surface area contributed by atoms with Gasteiger partial charge >= 0.3 is 0 Å². The van der Waals surface area contributed by atoms with Crippen molar-refractivity contribution in [3.63, 3.8) is 0 Å². The van der Waals surface area contributed by atoms with E-state index < -0.39 is 0 Å². The van der Waals surface area contributed by atoms with Gasteiger partial charge in [-0.25, -0.2) is 4.90 Å². The molecule has 2 saturated heterocycles. The van der Waals surface area contributed by atoms with Crippen LogP contribution in [0.25, 0.3) is 0 Å². The van der Waals surface area contributed by atoms with Crippen molar-refractivity contribution in [2.75, 3.05) is 18.0 Å². The summed E-state index contributed by atoms with van der Waals surface area (Å²) in [6.45, 7) is 1.82. The standard InChI is InChI=1S/C12H11ClN2O2/c13-8-2-1-3-9(6-8)15-11(16)7-10(12(15)17)14-4-5-14/h1-3,6,10H,4-5,7H2. The Morgan fingerprint density at radius 1 is 1.24 bits per heavy atom. The summed E-state index contributed by atoms with van der Waals surface area (Å²) < 4.78 is 0. The van der Waals surface area contributed by atoms with Gasteiger partial charge < -0.3 is 0 Å². The van der Waals surface area contributed by atoms with Gasteiger partial charge in [0.1, 0.15) is 0 Å². The fourth-order valence-corrected chi connectivity index (χ4v) is 2.34. The minimum absolute atomic E-state index is 0.130. The molecule has 2 amide bonds. The highest BCUT2D eigenvalue weighted by molar-refractivity contribution is 6.31. The zero-order chi connectivity index (χ0) is 12.0. The van der Waals surface area contributed by atoms with Gasteiger partial charge in [-0.3, -0.25) is 14.5 Å². The normalized spacial score (nSPS) is 24.5. The van der Waals surface area contributed by atoms with Gasteiger partial charge in [0, 0.05) is 18.1 Å². The van der Waals surface area contributed by atoms with Gasteiger partial charge in [-0.2, -0.15) is 0 Å². The highest BCUT2D eigenvalue weighted by Gasteiger charge is 2.45. The molecule has 2 fully saturated rings. The van der Waals surface area contributed by atoms with E-state index >= 15 is 0 Å². The third kappa shape index (κ3) is 1.83. The first-order valence-corrected chi connectivity index (χ1v) is 5.91. The Morgan fingerprint density at radius 3 is 2.65 bits per heavy atom. The summed E-state index contributed by atoms with van der Waals surface area (Å²) in [4.78, 5) is 27.3. The second-order valence-electron chi connectivity index (χ2n) is 4.30. The second kappa shape index (κ2) is 3.82. The van der Waals surface area contributed by atoms with Crippen molar-refractivity contribution < 1.29 is 9.59 Å². The van der Waals surface area contributed by atoms with E-state index in [1.54, 1.807) is 24.3 Å². The lowest BCUT2D eigenvalue weighted by Gasteiger charge is -2.15. The van der Waals surface area contributed by atoms with Crippen LogP contribution in [0.3, 0.4) is 0 Å². The number of carbonyl (C=O) groups excluding carboxylic acids is 2. The van der Waals surface area contributed by atoms with Gasteiger partial charge in [-0.05, 0) is 18.2 Å². The van der Waals surface area contributed by atoms with Crippen LogP contribution in [0.2, 0.25) is 5.02 Å². The SMILES string of the molecule is O=C1CC(N2CC2)C(=O)N1c1cccc(Cl)c1. The molecule has 0 aromatic heterocycles. The molecule has 0 saturated carbocycles. The Labute approximate surface area is 104 Å². The quantitative estimate of drug-likeness (QED) is 0.587. The van der Waals surface area contributed by atoms with Crippen molar-refractivity contribution in [2.45, 2.75) is 12.5 Å². The summed E-state index contributed by atoms with van der Waals surface area (Å²) in [5.74, 6) is -0.274. The molecule has 3 rings (SSSR count). The molecule has 0 bridgehead atoms. The third-order valence-electron chi connectivity index (χ3n) is 3.11. The van der Waals surface area contributed by atoms with Crippen molar-refractivity contribution in [3.05, 3.63) is 29.3 Å². The van der Waals surface area contributed by atoms with Gasteiger partial charge in [0.05, 0.1) is 18.2 Å². The first-order valence-electron chi connectivity index (χ1n) is 5.53. The molecule has 0 radical (unpaired) electrons.